The van der Waals surface area contributed by atoms with Crippen LogP contribution in [-0.4, -0.2) is 34.8 Å². The molecule has 0 unspecified atom stereocenters. The van der Waals surface area contributed by atoms with E-state index in [-0.39, 0.29) is 0 Å². The van der Waals surface area contributed by atoms with E-state index in [4.69, 9.17) is 4.74 Å². The van der Waals surface area contributed by atoms with E-state index < -0.39 is 0 Å². The number of aromatic nitrogens is 3. The number of unbranched alkanes of at least 4 members (excludes halogenated alkanes) is 1. The summed E-state index contributed by atoms with van der Waals surface area (Å²) in [5.74, 6) is 0. The molecule has 114 valence electrons. The Hall–Kier alpha value is -1.72. The van der Waals surface area contributed by atoms with Crippen molar-refractivity contribution in [1.82, 2.24) is 20.3 Å². The smallest absolute Gasteiger partial charge is 0.0969 e. The summed E-state index contributed by atoms with van der Waals surface area (Å²) < 4.78 is 5.52. The molecular formula is C16H24N4O. The maximum atomic E-state index is 5.52. The van der Waals surface area contributed by atoms with Gasteiger partial charge in [-0.25, -0.2) is 0 Å². The van der Waals surface area contributed by atoms with Crippen molar-refractivity contribution >= 4 is 0 Å². The lowest BCUT2D eigenvalue weighted by molar-refractivity contribution is 0.128. The van der Waals surface area contributed by atoms with Gasteiger partial charge in [0, 0.05) is 19.8 Å². The zero-order valence-electron chi connectivity index (χ0n) is 12.7. The topological polar surface area (TPSA) is 52.0 Å². The van der Waals surface area contributed by atoms with Gasteiger partial charge in [0.05, 0.1) is 17.6 Å². The molecule has 0 saturated carbocycles. The largest absolute Gasteiger partial charge is 0.381 e. The highest BCUT2D eigenvalue weighted by atomic mass is 16.5. The molecule has 0 bridgehead atoms. The highest BCUT2D eigenvalue weighted by Crippen LogP contribution is 2.03. The molecule has 5 nitrogen and oxygen atoms in total. The molecule has 5 heteroatoms. The second kappa shape index (κ2) is 9.26. The zero-order chi connectivity index (χ0) is 14.8. The number of ether oxygens (including phenoxy) is 1. The molecule has 0 atom stereocenters. The number of nitrogens with one attached hydrogen (secondary N) is 1. The molecule has 0 saturated heterocycles. The Labute approximate surface area is 126 Å². The molecule has 21 heavy (non-hydrogen) atoms. The summed E-state index contributed by atoms with van der Waals surface area (Å²) in [5, 5.41) is 12.1. The van der Waals surface area contributed by atoms with Gasteiger partial charge >= 0.3 is 0 Å². The highest BCUT2D eigenvalue weighted by Gasteiger charge is 2.01. The quantitative estimate of drug-likeness (QED) is 0.683. The Morgan fingerprint density at radius 2 is 1.95 bits per heavy atom. The van der Waals surface area contributed by atoms with Crippen molar-refractivity contribution in [3.8, 4) is 5.69 Å². The molecule has 0 amide bonds. The van der Waals surface area contributed by atoms with Gasteiger partial charge in [-0.15, -0.1) is 0 Å². The predicted molar refractivity (Wildman–Crippen MR) is 83.4 cm³/mol. The van der Waals surface area contributed by atoms with Crippen molar-refractivity contribution in [3.05, 3.63) is 42.2 Å². The van der Waals surface area contributed by atoms with Crippen LogP contribution >= 0.6 is 0 Å². The number of rotatable bonds is 10. The van der Waals surface area contributed by atoms with E-state index in [1.54, 1.807) is 11.0 Å². The van der Waals surface area contributed by atoms with E-state index in [9.17, 15) is 0 Å². The molecule has 2 aromatic rings. The average molecular weight is 288 g/mol. The first-order chi connectivity index (χ1) is 10.4. The Balaban J connectivity index is 1.63. The first kappa shape index (κ1) is 15.7. The van der Waals surface area contributed by atoms with Gasteiger partial charge in [0.2, 0.25) is 0 Å². The maximum Gasteiger partial charge on any atom is 0.0969 e. The monoisotopic (exact) mass is 288 g/mol. The van der Waals surface area contributed by atoms with Crippen molar-refractivity contribution in [2.24, 2.45) is 0 Å². The van der Waals surface area contributed by atoms with Gasteiger partial charge < -0.3 is 10.1 Å². The van der Waals surface area contributed by atoms with Gasteiger partial charge in [0.25, 0.3) is 0 Å². The number of hydrogen-bond acceptors (Lipinski definition) is 4. The molecule has 0 aliphatic heterocycles. The van der Waals surface area contributed by atoms with E-state index in [0.717, 1.165) is 50.5 Å². The van der Waals surface area contributed by atoms with Crippen molar-refractivity contribution in [1.29, 1.82) is 0 Å². The number of hydrogen-bond donors (Lipinski definition) is 1. The predicted octanol–water partition coefficient (Wildman–Crippen LogP) is 2.56. The van der Waals surface area contributed by atoms with Crippen LogP contribution in [0.25, 0.3) is 5.69 Å². The molecule has 0 radical (unpaired) electrons. The fraction of sp³-hybridized carbons (Fsp3) is 0.500. The molecule has 1 heterocycles. The second-order valence-electron chi connectivity index (χ2n) is 4.96. The summed E-state index contributed by atoms with van der Waals surface area (Å²) in [4.78, 5) is 1.66. The lowest BCUT2D eigenvalue weighted by Crippen LogP contribution is -2.17. The first-order valence-electron chi connectivity index (χ1n) is 7.65. The highest BCUT2D eigenvalue weighted by molar-refractivity contribution is 5.28. The van der Waals surface area contributed by atoms with E-state index in [1.165, 1.54) is 6.42 Å². The van der Waals surface area contributed by atoms with Gasteiger partial charge in [-0.05, 0) is 31.5 Å². The zero-order valence-corrected chi connectivity index (χ0v) is 12.7. The number of para-hydroxylation sites is 1. The Kier molecular flexibility index (Phi) is 6.91. The molecule has 1 N–H and O–H groups in total. The van der Waals surface area contributed by atoms with Crippen molar-refractivity contribution in [3.63, 3.8) is 0 Å². The second-order valence-corrected chi connectivity index (χ2v) is 4.96. The maximum absolute atomic E-state index is 5.52. The van der Waals surface area contributed by atoms with Crippen LogP contribution in [0.4, 0.5) is 0 Å². The van der Waals surface area contributed by atoms with Gasteiger partial charge in [0.1, 0.15) is 0 Å². The third-order valence-corrected chi connectivity index (χ3v) is 3.12. The molecule has 1 aromatic carbocycles. The van der Waals surface area contributed by atoms with E-state index in [1.807, 2.05) is 30.3 Å². The molecular weight excluding hydrogens is 264 g/mol. The fourth-order valence-electron chi connectivity index (χ4n) is 1.93. The minimum absolute atomic E-state index is 0.738. The lowest BCUT2D eigenvalue weighted by atomic mass is 10.3. The third kappa shape index (κ3) is 5.65. The molecule has 0 aliphatic carbocycles. The third-order valence-electron chi connectivity index (χ3n) is 3.12. The van der Waals surface area contributed by atoms with Crippen LogP contribution in [0.3, 0.4) is 0 Å². The van der Waals surface area contributed by atoms with Crippen molar-refractivity contribution in [2.45, 2.75) is 32.7 Å². The van der Waals surface area contributed by atoms with E-state index >= 15 is 0 Å². The summed E-state index contributed by atoms with van der Waals surface area (Å²) in [6, 6.07) is 9.93. The van der Waals surface area contributed by atoms with E-state index in [0.29, 0.717) is 0 Å². The minimum atomic E-state index is 0.738. The summed E-state index contributed by atoms with van der Waals surface area (Å²) in [6.45, 7) is 5.55. The van der Waals surface area contributed by atoms with Crippen LogP contribution < -0.4 is 5.32 Å². The molecule has 2 rings (SSSR count). The van der Waals surface area contributed by atoms with Crippen LogP contribution in [0.2, 0.25) is 0 Å². The normalized spacial score (nSPS) is 10.9. The lowest BCUT2D eigenvalue weighted by Gasteiger charge is -2.04. The van der Waals surface area contributed by atoms with Crippen LogP contribution in [0.15, 0.2) is 36.5 Å². The Morgan fingerprint density at radius 1 is 1.14 bits per heavy atom. The van der Waals surface area contributed by atoms with Crippen LogP contribution in [0, 0.1) is 0 Å². The Morgan fingerprint density at radius 3 is 2.76 bits per heavy atom. The molecule has 0 fully saturated rings. The SMILES string of the molecule is CCCCOCCCNCc1cnn(-c2ccccc2)n1. The number of benzene rings is 1. The van der Waals surface area contributed by atoms with Crippen LogP contribution in [0.5, 0.6) is 0 Å². The van der Waals surface area contributed by atoms with Gasteiger partial charge in [-0.3, -0.25) is 0 Å². The van der Waals surface area contributed by atoms with Crippen molar-refractivity contribution < 1.29 is 4.74 Å². The molecule has 0 spiro atoms. The summed E-state index contributed by atoms with van der Waals surface area (Å²) in [6.07, 6.45) is 5.17. The standard InChI is InChI=1S/C16H24N4O/c1-2-3-11-21-12-7-10-17-13-15-14-18-20(19-15)16-8-5-4-6-9-16/h4-6,8-9,14,17H,2-3,7,10-13H2,1H3. The molecule has 0 aliphatic rings. The van der Waals surface area contributed by atoms with Gasteiger partial charge in [-0.2, -0.15) is 15.0 Å². The van der Waals surface area contributed by atoms with E-state index in [2.05, 4.69) is 22.4 Å². The van der Waals surface area contributed by atoms with Crippen molar-refractivity contribution in [2.75, 3.05) is 19.8 Å². The Bertz CT molecular complexity index is 498. The van der Waals surface area contributed by atoms with Gasteiger partial charge in [-0.1, -0.05) is 31.5 Å². The van der Waals surface area contributed by atoms with Crippen LogP contribution in [-0.2, 0) is 11.3 Å². The average Bonchev–Trinajstić information content (AvgIpc) is 3.00. The fourth-order valence-corrected chi connectivity index (χ4v) is 1.93. The first-order valence-corrected chi connectivity index (χ1v) is 7.65. The number of nitrogens with zero attached hydrogens (tertiary/aromatic N) is 3. The summed E-state index contributed by atoms with van der Waals surface area (Å²) in [7, 11) is 0. The summed E-state index contributed by atoms with van der Waals surface area (Å²) in [5.41, 5.74) is 1.93. The summed E-state index contributed by atoms with van der Waals surface area (Å²) >= 11 is 0. The molecule has 1 aromatic heterocycles. The minimum Gasteiger partial charge on any atom is -0.381 e. The van der Waals surface area contributed by atoms with Crippen LogP contribution in [0.1, 0.15) is 31.9 Å². The van der Waals surface area contributed by atoms with Gasteiger partial charge in [0.15, 0.2) is 0 Å².